The number of carbonyl (C=O) groups excluding carboxylic acids is 1. The number of phenols is 1. The van der Waals surface area contributed by atoms with E-state index in [0.717, 1.165) is 24.9 Å². The van der Waals surface area contributed by atoms with Gasteiger partial charge in [-0.2, -0.15) is 5.10 Å². The minimum atomic E-state index is -0.467. The quantitative estimate of drug-likeness (QED) is 0.537. The molecule has 160 valence electrons. The van der Waals surface area contributed by atoms with Gasteiger partial charge >= 0.3 is 0 Å². The smallest absolute Gasteiger partial charge is 0.275 e. The third kappa shape index (κ3) is 4.27. The Labute approximate surface area is 178 Å². The molecule has 0 saturated carbocycles. The van der Waals surface area contributed by atoms with Crippen LogP contribution in [0.1, 0.15) is 67.9 Å². The van der Waals surface area contributed by atoms with Crippen molar-refractivity contribution in [2.45, 2.75) is 52.0 Å². The lowest BCUT2D eigenvalue weighted by atomic mass is 9.79. The number of anilines is 1. The Balaban J connectivity index is 1.90. The number of nitrogens with zero attached hydrogens (tertiary/aromatic N) is 2. The first-order valence-corrected chi connectivity index (χ1v) is 10.4. The minimum absolute atomic E-state index is 0.0781. The van der Waals surface area contributed by atoms with E-state index >= 15 is 0 Å². The van der Waals surface area contributed by atoms with E-state index in [1.807, 2.05) is 0 Å². The van der Waals surface area contributed by atoms with Crippen molar-refractivity contribution in [2.24, 2.45) is 5.10 Å². The monoisotopic (exact) mass is 409 g/mol. The van der Waals surface area contributed by atoms with Crippen molar-refractivity contribution in [2.75, 3.05) is 18.6 Å². The molecule has 0 bridgehead atoms. The molecule has 0 spiro atoms. The Morgan fingerprint density at radius 3 is 2.77 bits per heavy atom. The van der Waals surface area contributed by atoms with Crippen LogP contribution in [-0.4, -0.2) is 36.4 Å². The molecule has 6 nitrogen and oxygen atoms in total. The number of aromatic hydroxyl groups is 1. The van der Waals surface area contributed by atoms with E-state index in [1.165, 1.54) is 17.3 Å². The topological polar surface area (TPSA) is 74.2 Å². The third-order valence-electron chi connectivity index (χ3n) is 5.70. The van der Waals surface area contributed by atoms with Gasteiger partial charge < -0.3 is 14.7 Å². The molecule has 2 aromatic rings. The fourth-order valence-corrected chi connectivity index (χ4v) is 4.34. The van der Waals surface area contributed by atoms with Crippen molar-refractivity contribution in [3.63, 3.8) is 0 Å². The zero-order valence-electron chi connectivity index (χ0n) is 18.4. The number of nitrogens with one attached hydrogen (secondary N) is 1. The number of phenolic OH excluding ortho intramolecular Hbond substituents is 1. The van der Waals surface area contributed by atoms with Crippen molar-refractivity contribution in [3.05, 3.63) is 53.1 Å². The molecule has 2 N–H and O–H groups in total. The number of hydrogen-bond acceptors (Lipinski definition) is 5. The van der Waals surface area contributed by atoms with Crippen LogP contribution in [0.15, 0.2) is 41.5 Å². The summed E-state index contributed by atoms with van der Waals surface area (Å²) in [6.45, 7) is 10.0. The van der Waals surface area contributed by atoms with Gasteiger partial charge in [-0.05, 0) is 56.4 Å². The largest absolute Gasteiger partial charge is 0.507 e. The molecular weight excluding hydrogens is 378 g/mol. The molecule has 1 unspecified atom stereocenters. The molecule has 1 heterocycles. The van der Waals surface area contributed by atoms with Crippen LogP contribution >= 0.6 is 0 Å². The van der Waals surface area contributed by atoms with Crippen molar-refractivity contribution in [3.8, 4) is 11.5 Å². The number of methoxy groups -OCH3 is 1. The second kappa shape index (κ2) is 8.78. The predicted molar refractivity (Wildman–Crippen MR) is 121 cm³/mol. The number of ether oxygens (including phenoxy) is 1. The fraction of sp³-hybridized carbons (Fsp3) is 0.417. The van der Waals surface area contributed by atoms with E-state index < -0.39 is 5.91 Å². The SMILES string of the molecule is CCCN1c2cc(OC)c(/C=N/NC(=O)c3ccccc3O)cc2C(C)CC1(C)C. The molecule has 1 aliphatic rings. The Bertz CT molecular complexity index is 953. The average Bonchev–Trinajstić information content (AvgIpc) is 2.70. The van der Waals surface area contributed by atoms with Gasteiger partial charge in [0.25, 0.3) is 5.91 Å². The molecule has 30 heavy (non-hydrogen) atoms. The van der Waals surface area contributed by atoms with Gasteiger partial charge in [0.2, 0.25) is 0 Å². The van der Waals surface area contributed by atoms with Crippen LogP contribution < -0.4 is 15.1 Å². The van der Waals surface area contributed by atoms with Gasteiger partial charge in [0.1, 0.15) is 11.5 Å². The van der Waals surface area contributed by atoms with E-state index in [9.17, 15) is 9.90 Å². The summed E-state index contributed by atoms with van der Waals surface area (Å²) in [6, 6.07) is 10.6. The lowest BCUT2D eigenvalue weighted by Gasteiger charge is -2.47. The third-order valence-corrected chi connectivity index (χ3v) is 5.70. The lowest BCUT2D eigenvalue weighted by molar-refractivity contribution is 0.0952. The van der Waals surface area contributed by atoms with E-state index in [-0.39, 0.29) is 16.9 Å². The van der Waals surface area contributed by atoms with Crippen LogP contribution in [-0.2, 0) is 0 Å². The van der Waals surface area contributed by atoms with Crippen LogP contribution in [0, 0.1) is 0 Å². The Kier molecular flexibility index (Phi) is 6.34. The van der Waals surface area contributed by atoms with Crippen molar-refractivity contribution < 1.29 is 14.6 Å². The highest BCUT2D eigenvalue weighted by molar-refractivity contribution is 5.97. The maximum absolute atomic E-state index is 12.3. The second-order valence-electron chi connectivity index (χ2n) is 8.44. The molecule has 0 aromatic heterocycles. The summed E-state index contributed by atoms with van der Waals surface area (Å²) in [5.41, 5.74) is 6.00. The molecule has 0 radical (unpaired) electrons. The van der Waals surface area contributed by atoms with Crippen LogP contribution in [0.25, 0.3) is 0 Å². The Morgan fingerprint density at radius 2 is 2.10 bits per heavy atom. The van der Waals surface area contributed by atoms with Gasteiger partial charge in [-0.3, -0.25) is 4.79 Å². The number of rotatable bonds is 6. The number of hydrogen-bond donors (Lipinski definition) is 2. The van der Waals surface area contributed by atoms with Gasteiger partial charge in [0.05, 0.1) is 18.9 Å². The molecule has 0 aliphatic carbocycles. The predicted octanol–water partition coefficient (Wildman–Crippen LogP) is 4.67. The normalized spacial score (nSPS) is 17.6. The zero-order chi connectivity index (χ0) is 21.9. The number of amides is 1. The van der Waals surface area contributed by atoms with Gasteiger partial charge in [0, 0.05) is 29.4 Å². The molecule has 6 heteroatoms. The molecule has 1 amide bonds. The maximum Gasteiger partial charge on any atom is 0.275 e. The molecular formula is C24H31N3O3. The van der Waals surface area contributed by atoms with Crippen molar-refractivity contribution >= 4 is 17.8 Å². The zero-order valence-corrected chi connectivity index (χ0v) is 18.4. The van der Waals surface area contributed by atoms with Gasteiger partial charge in [0.15, 0.2) is 0 Å². The first-order chi connectivity index (χ1) is 14.3. The summed E-state index contributed by atoms with van der Waals surface area (Å²) in [6.07, 6.45) is 3.72. The van der Waals surface area contributed by atoms with Gasteiger partial charge in [-0.15, -0.1) is 0 Å². The first-order valence-electron chi connectivity index (χ1n) is 10.4. The summed E-state index contributed by atoms with van der Waals surface area (Å²) in [4.78, 5) is 14.7. The van der Waals surface area contributed by atoms with Crippen molar-refractivity contribution in [1.29, 1.82) is 0 Å². The molecule has 0 fully saturated rings. The number of carbonyl (C=O) groups is 1. The number of benzene rings is 2. The lowest BCUT2D eigenvalue weighted by Crippen LogP contribution is -2.48. The van der Waals surface area contributed by atoms with Crippen LogP contribution in [0.2, 0.25) is 0 Å². The summed E-state index contributed by atoms with van der Waals surface area (Å²) in [5, 5.41) is 13.9. The molecule has 2 aromatic carbocycles. The summed E-state index contributed by atoms with van der Waals surface area (Å²) >= 11 is 0. The Hall–Kier alpha value is -3.02. The number of hydrazone groups is 1. The van der Waals surface area contributed by atoms with Crippen molar-refractivity contribution in [1.82, 2.24) is 5.43 Å². The highest BCUT2D eigenvalue weighted by Gasteiger charge is 2.36. The van der Waals surface area contributed by atoms with E-state index in [0.29, 0.717) is 11.7 Å². The Morgan fingerprint density at radius 1 is 1.37 bits per heavy atom. The summed E-state index contributed by atoms with van der Waals surface area (Å²) in [5.74, 6) is 0.562. The van der Waals surface area contributed by atoms with Crippen LogP contribution in [0.3, 0.4) is 0 Å². The fourth-order valence-electron chi connectivity index (χ4n) is 4.34. The van der Waals surface area contributed by atoms with E-state index in [1.54, 1.807) is 31.5 Å². The average molecular weight is 410 g/mol. The summed E-state index contributed by atoms with van der Waals surface area (Å²) < 4.78 is 5.63. The van der Waals surface area contributed by atoms with E-state index in [4.69, 9.17) is 4.74 Å². The number of fused-ring (bicyclic) bond motifs is 1. The molecule has 1 aliphatic heterocycles. The second-order valence-corrected chi connectivity index (χ2v) is 8.44. The maximum atomic E-state index is 12.3. The standard InChI is InChI=1S/C24H31N3O3/c1-6-11-27-20-13-22(30-5)17(12-19(20)16(2)14-24(27,3)4)15-25-26-23(29)18-9-7-8-10-21(18)28/h7-10,12-13,15-16,28H,6,11,14H2,1-5H3,(H,26,29)/b25-15+. The highest BCUT2D eigenvalue weighted by Crippen LogP contribution is 2.45. The van der Waals surface area contributed by atoms with Crippen LogP contribution in [0.4, 0.5) is 5.69 Å². The van der Waals surface area contributed by atoms with Gasteiger partial charge in [-0.1, -0.05) is 26.0 Å². The molecule has 0 saturated heterocycles. The first kappa shape index (κ1) is 21.7. The molecule has 1 atom stereocenters. The number of para-hydroxylation sites is 1. The highest BCUT2D eigenvalue weighted by atomic mass is 16.5. The van der Waals surface area contributed by atoms with Crippen LogP contribution in [0.5, 0.6) is 11.5 Å². The minimum Gasteiger partial charge on any atom is -0.507 e. The molecule has 3 rings (SSSR count). The van der Waals surface area contributed by atoms with Gasteiger partial charge in [-0.25, -0.2) is 5.43 Å². The van der Waals surface area contributed by atoms with E-state index in [2.05, 4.69) is 55.3 Å². The summed E-state index contributed by atoms with van der Waals surface area (Å²) in [7, 11) is 1.64.